The van der Waals surface area contributed by atoms with Crippen LogP contribution in [0.2, 0.25) is 0 Å². The second-order valence-electron chi connectivity index (χ2n) is 6.04. The Bertz CT molecular complexity index is 1080. The van der Waals surface area contributed by atoms with Gasteiger partial charge in [0.05, 0.1) is 29.4 Å². The summed E-state index contributed by atoms with van der Waals surface area (Å²) in [6, 6.07) is 17.7. The number of hydrogen-bond acceptors (Lipinski definition) is 5. The van der Waals surface area contributed by atoms with Crippen molar-refractivity contribution in [1.29, 1.82) is 0 Å². The fourth-order valence-electron chi connectivity index (χ4n) is 2.89. The Labute approximate surface area is 161 Å². The van der Waals surface area contributed by atoms with E-state index in [0.717, 1.165) is 32.2 Å². The van der Waals surface area contributed by atoms with Crippen LogP contribution in [0.3, 0.4) is 0 Å². The number of nitrogens with zero attached hydrogens (tertiary/aromatic N) is 3. The number of thiazole rings is 1. The molecule has 136 valence electrons. The molecule has 1 aliphatic rings. The van der Waals surface area contributed by atoms with Crippen LogP contribution in [0.15, 0.2) is 64.6 Å². The van der Waals surface area contributed by atoms with Crippen LogP contribution in [0.1, 0.15) is 10.4 Å². The Morgan fingerprint density at radius 1 is 1.15 bits per heavy atom. The first kappa shape index (κ1) is 17.5. The highest BCUT2D eigenvalue weighted by Gasteiger charge is 2.15. The summed E-state index contributed by atoms with van der Waals surface area (Å²) in [6.45, 7) is 1.02. The maximum atomic E-state index is 10.8. The summed E-state index contributed by atoms with van der Waals surface area (Å²) in [6.07, 6.45) is 3.79. The molecule has 0 spiro atoms. The largest absolute Gasteiger partial charge is 0.493 e. The van der Waals surface area contributed by atoms with Crippen LogP contribution in [-0.2, 0) is 11.3 Å². The number of fused-ring (bicyclic) bond motifs is 1. The Hall–Kier alpha value is -2.96. The van der Waals surface area contributed by atoms with Crippen LogP contribution in [0.4, 0.5) is 11.4 Å². The first-order valence-electron chi connectivity index (χ1n) is 8.63. The number of allylic oxidation sites excluding steroid dienone is 1. The van der Waals surface area contributed by atoms with Crippen molar-refractivity contribution in [3.05, 3.63) is 69.8 Å². The zero-order valence-electron chi connectivity index (χ0n) is 14.9. The third-order valence-corrected chi connectivity index (χ3v) is 5.27. The summed E-state index contributed by atoms with van der Waals surface area (Å²) in [5, 5.41) is 10.8. The number of para-hydroxylation sites is 2. The summed E-state index contributed by atoms with van der Waals surface area (Å²) in [4.78, 5) is 10.6. The van der Waals surface area contributed by atoms with Crippen molar-refractivity contribution in [2.45, 2.75) is 6.54 Å². The molecule has 0 aliphatic carbocycles. The molecule has 2 heterocycles. The van der Waals surface area contributed by atoms with Gasteiger partial charge in [-0.1, -0.05) is 47.7 Å². The Kier molecular flexibility index (Phi) is 5.00. The Morgan fingerprint density at radius 3 is 2.74 bits per heavy atom. The summed E-state index contributed by atoms with van der Waals surface area (Å²) in [5.41, 5.74) is 3.83. The quantitative estimate of drug-likeness (QED) is 0.717. The molecule has 0 saturated heterocycles. The van der Waals surface area contributed by atoms with Crippen LogP contribution in [0.25, 0.3) is 11.6 Å². The van der Waals surface area contributed by atoms with E-state index in [4.69, 9.17) is 9.73 Å². The molecule has 1 N–H and O–H groups in total. The van der Waals surface area contributed by atoms with Crippen molar-refractivity contribution < 1.29 is 9.84 Å². The molecular weight excluding hydrogens is 358 g/mol. The number of methoxy groups -OCH3 is 1. The van der Waals surface area contributed by atoms with Gasteiger partial charge in [0.15, 0.2) is 4.80 Å². The lowest BCUT2D eigenvalue weighted by Crippen LogP contribution is -2.16. The second kappa shape index (κ2) is 7.73. The smallest absolute Gasteiger partial charge is 0.211 e. The minimum atomic E-state index is 0.192. The van der Waals surface area contributed by atoms with Gasteiger partial charge < -0.3 is 9.84 Å². The van der Waals surface area contributed by atoms with Crippen molar-refractivity contribution in [1.82, 2.24) is 4.57 Å². The van der Waals surface area contributed by atoms with E-state index in [0.29, 0.717) is 13.2 Å². The zero-order valence-corrected chi connectivity index (χ0v) is 15.7. The Balaban J connectivity index is 1.80. The number of benzene rings is 2. The predicted molar refractivity (Wildman–Crippen MR) is 110 cm³/mol. The van der Waals surface area contributed by atoms with Gasteiger partial charge in [0.1, 0.15) is 0 Å². The third kappa shape index (κ3) is 3.63. The first-order chi connectivity index (χ1) is 13.3. The van der Waals surface area contributed by atoms with Gasteiger partial charge in [0.25, 0.3) is 0 Å². The van der Waals surface area contributed by atoms with Gasteiger partial charge in [-0.05, 0) is 24.3 Å². The van der Waals surface area contributed by atoms with Crippen LogP contribution >= 0.6 is 11.3 Å². The third-order valence-electron chi connectivity index (χ3n) is 4.25. The fraction of sp³-hybridized carbons (Fsp3) is 0.143. The van der Waals surface area contributed by atoms with Gasteiger partial charge in [-0.15, -0.1) is 0 Å². The van der Waals surface area contributed by atoms with E-state index in [1.807, 2.05) is 66.9 Å². The van der Waals surface area contributed by atoms with E-state index in [2.05, 4.69) is 4.99 Å². The lowest BCUT2D eigenvalue weighted by atomic mass is 10.1. The summed E-state index contributed by atoms with van der Waals surface area (Å²) in [7, 11) is 1.65. The molecule has 5 nitrogen and oxygen atoms in total. The van der Waals surface area contributed by atoms with Gasteiger partial charge in [-0.25, -0.2) is 4.99 Å². The minimum Gasteiger partial charge on any atom is -0.493 e. The molecule has 0 atom stereocenters. The molecule has 0 bridgehead atoms. The molecule has 4 rings (SSSR count). The molecule has 6 heteroatoms. The molecule has 0 fully saturated rings. The summed E-state index contributed by atoms with van der Waals surface area (Å²) >= 11 is 1.45. The lowest BCUT2D eigenvalue weighted by molar-refractivity contribution is 0.183. The molecule has 1 aromatic heterocycles. The molecule has 0 amide bonds. The van der Waals surface area contributed by atoms with Crippen molar-refractivity contribution in [2.75, 3.05) is 13.7 Å². The van der Waals surface area contributed by atoms with Crippen LogP contribution in [0.5, 0.6) is 5.88 Å². The molecule has 3 aromatic rings. The SMILES string of the molecule is COCCn1c(O)c(C=C2C=Nc3ccccc32)sc1=Nc1ccccc1. The van der Waals surface area contributed by atoms with Gasteiger partial charge in [0, 0.05) is 24.5 Å². The number of aromatic hydroxyl groups is 1. The number of hydrogen-bond donors (Lipinski definition) is 1. The highest BCUT2D eigenvalue weighted by molar-refractivity contribution is 7.10. The molecule has 2 aromatic carbocycles. The average Bonchev–Trinajstić information content (AvgIpc) is 3.23. The van der Waals surface area contributed by atoms with E-state index >= 15 is 0 Å². The lowest BCUT2D eigenvalue weighted by Gasteiger charge is -2.04. The zero-order chi connectivity index (χ0) is 18.6. The average molecular weight is 377 g/mol. The minimum absolute atomic E-state index is 0.192. The fourth-order valence-corrected chi connectivity index (χ4v) is 3.92. The van der Waals surface area contributed by atoms with Gasteiger partial charge in [0.2, 0.25) is 5.88 Å². The van der Waals surface area contributed by atoms with E-state index < -0.39 is 0 Å². The highest BCUT2D eigenvalue weighted by atomic mass is 32.1. The molecule has 27 heavy (non-hydrogen) atoms. The van der Waals surface area contributed by atoms with Crippen molar-refractivity contribution in [3.63, 3.8) is 0 Å². The molecule has 0 unspecified atom stereocenters. The van der Waals surface area contributed by atoms with Crippen LogP contribution in [-0.4, -0.2) is 29.6 Å². The maximum Gasteiger partial charge on any atom is 0.211 e. The highest BCUT2D eigenvalue weighted by Crippen LogP contribution is 2.34. The van der Waals surface area contributed by atoms with Gasteiger partial charge >= 0.3 is 0 Å². The monoisotopic (exact) mass is 377 g/mol. The van der Waals surface area contributed by atoms with Gasteiger partial charge in [-0.2, -0.15) is 0 Å². The summed E-state index contributed by atoms with van der Waals surface area (Å²) < 4.78 is 6.97. The normalized spacial score (nSPS) is 14.9. The van der Waals surface area contributed by atoms with E-state index in [-0.39, 0.29) is 5.88 Å². The number of aromatic nitrogens is 1. The van der Waals surface area contributed by atoms with Crippen molar-refractivity contribution in [2.24, 2.45) is 9.98 Å². The number of ether oxygens (including phenoxy) is 1. The second-order valence-corrected chi connectivity index (χ2v) is 7.05. The molecule has 1 aliphatic heterocycles. The first-order valence-corrected chi connectivity index (χ1v) is 9.44. The van der Waals surface area contributed by atoms with E-state index in [1.165, 1.54) is 11.3 Å². The number of rotatable bonds is 5. The van der Waals surface area contributed by atoms with Crippen LogP contribution < -0.4 is 4.80 Å². The molecular formula is C21H19N3O2S. The van der Waals surface area contributed by atoms with E-state index in [1.54, 1.807) is 11.7 Å². The van der Waals surface area contributed by atoms with Gasteiger partial charge in [-0.3, -0.25) is 9.56 Å². The standard InChI is InChI=1S/C21H19N3O2S/c1-26-12-11-24-20(25)19(27-21(24)23-16-7-3-2-4-8-16)13-15-14-22-18-10-6-5-9-17(15)18/h2-10,13-14,25H,11-12H2,1H3. The topological polar surface area (TPSA) is 59.1 Å². The van der Waals surface area contributed by atoms with E-state index in [9.17, 15) is 5.11 Å². The summed E-state index contributed by atoms with van der Waals surface area (Å²) in [5.74, 6) is 0.192. The molecule has 0 radical (unpaired) electrons. The van der Waals surface area contributed by atoms with Crippen LogP contribution in [0, 0.1) is 0 Å². The molecule has 0 saturated carbocycles. The Morgan fingerprint density at radius 2 is 1.93 bits per heavy atom. The van der Waals surface area contributed by atoms with Crippen molar-refractivity contribution >= 4 is 40.6 Å². The van der Waals surface area contributed by atoms with Crippen molar-refractivity contribution in [3.8, 4) is 5.88 Å². The predicted octanol–water partition coefficient (Wildman–Crippen LogP) is 4.39. The maximum absolute atomic E-state index is 10.8. The number of aliphatic imine (C=N–C) groups is 1.